The third-order valence-corrected chi connectivity index (χ3v) is 2.36. The molecular weight excluding hydrogens is 221 g/mol. The summed E-state index contributed by atoms with van der Waals surface area (Å²) >= 11 is 0. The molecule has 4 nitrogen and oxygen atoms in total. The zero-order valence-corrected chi connectivity index (χ0v) is 10.9. The molecule has 1 rings (SSSR count). The molecule has 0 fully saturated rings. The van der Waals surface area contributed by atoms with Gasteiger partial charge in [-0.1, -0.05) is 6.92 Å². The van der Waals surface area contributed by atoms with Gasteiger partial charge in [0.05, 0.1) is 5.69 Å². The molecule has 0 aliphatic rings. The maximum absolute atomic E-state index is 13.7. The molecule has 17 heavy (non-hydrogen) atoms. The Morgan fingerprint density at radius 1 is 1.35 bits per heavy atom. The minimum atomic E-state index is -0.383. The van der Waals surface area contributed by atoms with Gasteiger partial charge in [0, 0.05) is 13.2 Å². The summed E-state index contributed by atoms with van der Waals surface area (Å²) < 4.78 is 19.1. The Balaban J connectivity index is 2.96. The smallest absolute Gasteiger partial charge is 0.186 e. The van der Waals surface area contributed by atoms with Gasteiger partial charge in [-0.05, 0) is 27.2 Å². The first kappa shape index (κ1) is 13.8. The van der Waals surface area contributed by atoms with Crippen molar-refractivity contribution in [3.8, 4) is 0 Å². The van der Waals surface area contributed by atoms with E-state index in [1.807, 2.05) is 20.8 Å². The van der Waals surface area contributed by atoms with E-state index in [9.17, 15) is 4.39 Å². The summed E-state index contributed by atoms with van der Waals surface area (Å²) in [6.07, 6.45) is 0.695. The predicted molar refractivity (Wildman–Crippen MR) is 65.5 cm³/mol. The quantitative estimate of drug-likeness (QED) is 0.832. The molecule has 1 aromatic heterocycles. The molecule has 0 saturated heterocycles. The first-order valence-corrected chi connectivity index (χ1v) is 5.99. The molecule has 96 valence electrons. The molecule has 0 aliphatic carbocycles. The Morgan fingerprint density at radius 2 is 2.06 bits per heavy atom. The van der Waals surface area contributed by atoms with Crippen LogP contribution in [0.5, 0.6) is 0 Å². The fraction of sp³-hybridized carbons (Fsp3) is 0.667. The Hall–Kier alpha value is -1.23. The Labute approximate surface area is 102 Å². The van der Waals surface area contributed by atoms with Gasteiger partial charge in [-0.25, -0.2) is 14.4 Å². The second kappa shape index (κ2) is 6.49. The van der Waals surface area contributed by atoms with Crippen LogP contribution in [0.2, 0.25) is 0 Å². The van der Waals surface area contributed by atoms with Crippen molar-refractivity contribution in [3.05, 3.63) is 17.3 Å². The highest BCUT2D eigenvalue weighted by atomic mass is 19.1. The molecule has 0 saturated carbocycles. The van der Waals surface area contributed by atoms with Crippen LogP contribution in [-0.2, 0) is 4.74 Å². The van der Waals surface area contributed by atoms with Gasteiger partial charge in [0.2, 0.25) is 0 Å². The first-order valence-electron chi connectivity index (χ1n) is 5.99. The highest BCUT2D eigenvalue weighted by molar-refractivity contribution is 5.38. The van der Waals surface area contributed by atoms with Gasteiger partial charge in [-0.15, -0.1) is 0 Å². The fourth-order valence-corrected chi connectivity index (χ4v) is 1.45. The topological polar surface area (TPSA) is 47.0 Å². The van der Waals surface area contributed by atoms with E-state index in [1.165, 1.54) is 0 Å². The molecule has 0 radical (unpaired) electrons. The summed E-state index contributed by atoms with van der Waals surface area (Å²) in [7, 11) is 0. The molecule has 0 aromatic carbocycles. The largest absolute Gasteiger partial charge is 0.371 e. The lowest BCUT2D eigenvalue weighted by atomic mass is 10.3. The van der Waals surface area contributed by atoms with E-state index in [0.29, 0.717) is 24.7 Å². The van der Waals surface area contributed by atoms with E-state index in [-0.39, 0.29) is 17.7 Å². The summed E-state index contributed by atoms with van der Waals surface area (Å²) in [6, 6.07) is 0. The Kier molecular flexibility index (Phi) is 5.28. The first-order chi connectivity index (χ1) is 8.10. The number of anilines is 1. The van der Waals surface area contributed by atoms with Crippen molar-refractivity contribution in [2.45, 2.75) is 40.2 Å². The van der Waals surface area contributed by atoms with Crippen LogP contribution in [0, 0.1) is 12.7 Å². The average molecular weight is 241 g/mol. The Morgan fingerprint density at radius 3 is 2.65 bits per heavy atom. The van der Waals surface area contributed by atoms with Gasteiger partial charge >= 0.3 is 0 Å². The second-order valence-corrected chi connectivity index (χ2v) is 3.85. The van der Waals surface area contributed by atoms with E-state index in [0.717, 1.165) is 6.42 Å². The third-order valence-electron chi connectivity index (χ3n) is 2.36. The fourth-order valence-electron chi connectivity index (χ4n) is 1.45. The summed E-state index contributed by atoms with van der Waals surface area (Å²) in [4.78, 5) is 8.28. The Bertz CT molecular complexity index is 371. The molecule has 1 aromatic rings. The van der Waals surface area contributed by atoms with Gasteiger partial charge in [0.25, 0.3) is 0 Å². The van der Waals surface area contributed by atoms with Crippen molar-refractivity contribution in [2.75, 3.05) is 18.5 Å². The van der Waals surface area contributed by atoms with Crippen molar-refractivity contribution in [3.63, 3.8) is 0 Å². The van der Waals surface area contributed by atoms with E-state index < -0.39 is 0 Å². The highest BCUT2D eigenvalue weighted by Gasteiger charge is 2.15. The molecule has 1 heterocycles. The number of ether oxygens (including phenoxy) is 1. The molecule has 1 atom stereocenters. The van der Waals surface area contributed by atoms with Crippen molar-refractivity contribution in [2.24, 2.45) is 0 Å². The van der Waals surface area contributed by atoms with Crippen LogP contribution in [0.3, 0.4) is 0 Å². The predicted octanol–water partition coefficient (Wildman–Crippen LogP) is 2.84. The average Bonchev–Trinajstić information content (AvgIpc) is 2.31. The van der Waals surface area contributed by atoms with Gasteiger partial charge < -0.3 is 10.1 Å². The SMILES string of the molecule is CCCNc1nc(C(C)OCC)nc(C)c1F. The second-order valence-electron chi connectivity index (χ2n) is 3.85. The number of hydrogen-bond acceptors (Lipinski definition) is 4. The van der Waals surface area contributed by atoms with Crippen LogP contribution in [0.1, 0.15) is 44.8 Å². The summed E-state index contributed by atoms with van der Waals surface area (Å²) in [5.41, 5.74) is 0.347. The molecule has 1 unspecified atom stereocenters. The van der Waals surface area contributed by atoms with E-state index >= 15 is 0 Å². The maximum Gasteiger partial charge on any atom is 0.186 e. The molecular formula is C12H20FN3O. The van der Waals surface area contributed by atoms with Crippen LogP contribution in [0.15, 0.2) is 0 Å². The molecule has 1 N–H and O–H groups in total. The molecule has 0 amide bonds. The molecule has 0 aliphatic heterocycles. The van der Waals surface area contributed by atoms with Gasteiger partial charge in [0.15, 0.2) is 17.5 Å². The third kappa shape index (κ3) is 3.63. The van der Waals surface area contributed by atoms with Crippen LogP contribution < -0.4 is 5.32 Å². The normalized spacial score (nSPS) is 12.5. The number of halogens is 1. The van der Waals surface area contributed by atoms with Crippen LogP contribution in [-0.4, -0.2) is 23.1 Å². The van der Waals surface area contributed by atoms with Crippen molar-refractivity contribution in [1.82, 2.24) is 9.97 Å². The lowest BCUT2D eigenvalue weighted by Gasteiger charge is -2.13. The van der Waals surface area contributed by atoms with Crippen LogP contribution in [0.4, 0.5) is 10.2 Å². The molecule has 0 bridgehead atoms. The lowest BCUT2D eigenvalue weighted by Crippen LogP contribution is -2.12. The van der Waals surface area contributed by atoms with Crippen LogP contribution in [0.25, 0.3) is 0 Å². The molecule has 5 heteroatoms. The number of aromatic nitrogens is 2. The van der Waals surface area contributed by atoms with Gasteiger partial charge in [0.1, 0.15) is 6.10 Å². The van der Waals surface area contributed by atoms with E-state index in [1.54, 1.807) is 6.92 Å². The summed E-state index contributed by atoms with van der Waals surface area (Å²) in [6.45, 7) is 8.69. The number of rotatable bonds is 6. The zero-order valence-electron chi connectivity index (χ0n) is 10.9. The summed E-state index contributed by atoms with van der Waals surface area (Å²) in [5, 5.41) is 2.96. The minimum Gasteiger partial charge on any atom is -0.371 e. The standard InChI is InChI=1S/C12H20FN3O/c1-5-7-14-12-10(13)8(3)15-11(16-12)9(4)17-6-2/h9H,5-7H2,1-4H3,(H,14,15,16). The van der Waals surface area contributed by atoms with Gasteiger partial charge in [-0.2, -0.15) is 0 Å². The van der Waals surface area contributed by atoms with Gasteiger partial charge in [-0.3, -0.25) is 0 Å². The van der Waals surface area contributed by atoms with E-state index in [2.05, 4.69) is 15.3 Å². The monoisotopic (exact) mass is 241 g/mol. The number of hydrogen-bond donors (Lipinski definition) is 1. The van der Waals surface area contributed by atoms with Crippen LogP contribution >= 0.6 is 0 Å². The van der Waals surface area contributed by atoms with E-state index in [4.69, 9.17) is 4.74 Å². The number of nitrogens with zero attached hydrogens (tertiary/aromatic N) is 2. The zero-order chi connectivity index (χ0) is 12.8. The maximum atomic E-state index is 13.7. The van der Waals surface area contributed by atoms with Crippen molar-refractivity contribution in [1.29, 1.82) is 0 Å². The highest BCUT2D eigenvalue weighted by Crippen LogP contribution is 2.19. The number of nitrogens with one attached hydrogen (secondary N) is 1. The number of aryl methyl sites for hydroxylation is 1. The van der Waals surface area contributed by atoms with Crippen molar-refractivity contribution >= 4 is 5.82 Å². The summed E-state index contributed by atoms with van der Waals surface area (Å²) in [5.74, 6) is 0.399. The minimum absolute atomic E-state index is 0.221. The lowest BCUT2D eigenvalue weighted by molar-refractivity contribution is 0.0699. The molecule has 0 spiro atoms. The van der Waals surface area contributed by atoms with Crippen molar-refractivity contribution < 1.29 is 9.13 Å².